The highest BCUT2D eigenvalue weighted by atomic mass is 35.5. The number of carbonyl (C=O) groups excluding carboxylic acids is 1. The van der Waals surface area contributed by atoms with Gasteiger partial charge in [-0.1, -0.05) is 18.5 Å². The van der Waals surface area contributed by atoms with Crippen LogP contribution in [0, 0.1) is 0 Å². The van der Waals surface area contributed by atoms with Gasteiger partial charge in [0.1, 0.15) is 6.04 Å². The summed E-state index contributed by atoms with van der Waals surface area (Å²) in [6, 6.07) is 2.13. The molecule has 7 heteroatoms. The molecule has 0 fully saturated rings. The summed E-state index contributed by atoms with van der Waals surface area (Å²) >= 11 is 5.99. The highest BCUT2D eigenvalue weighted by molar-refractivity contribution is 6.34. The number of anilines is 2. The van der Waals surface area contributed by atoms with Crippen molar-refractivity contribution in [2.75, 3.05) is 17.6 Å². The van der Waals surface area contributed by atoms with Gasteiger partial charge in [-0.3, -0.25) is 4.79 Å². The zero-order valence-electron chi connectivity index (χ0n) is 11.4. The molecule has 6 nitrogen and oxygen atoms in total. The average molecular weight is 300 g/mol. The van der Waals surface area contributed by atoms with E-state index in [1.165, 1.54) is 12.1 Å². The van der Waals surface area contributed by atoms with E-state index in [2.05, 4.69) is 10.6 Å². The van der Waals surface area contributed by atoms with Crippen molar-refractivity contribution in [2.45, 2.75) is 26.3 Å². The predicted octanol–water partition coefficient (Wildman–Crippen LogP) is 1.95. The molecule has 0 bridgehead atoms. The van der Waals surface area contributed by atoms with E-state index in [0.717, 1.165) is 6.42 Å². The first-order chi connectivity index (χ1) is 9.36. The van der Waals surface area contributed by atoms with Gasteiger partial charge in [0.15, 0.2) is 0 Å². The van der Waals surface area contributed by atoms with Gasteiger partial charge in [0.05, 0.1) is 16.3 Å². The van der Waals surface area contributed by atoms with Gasteiger partial charge in [0, 0.05) is 12.2 Å². The number of carbonyl (C=O) groups is 2. The zero-order valence-corrected chi connectivity index (χ0v) is 12.1. The Kier molecular flexibility index (Phi) is 5.64. The number of hydrogen-bond acceptors (Lipinski definition) is 4. The van der Waals surface area contributed by atoms with Crippen molar-refractivity contribution in [3.05, 3.63) is 22.7 Å². The molecule has 1 atom stereocenters. The molecule has 0 radical (unpaired) electrons. The predicted molar refractivity (Wildman–Crippen MR) is 79.2 cm³/mol. The van der Waals surface area contributed by atoms with Crippen molar-refractivity contribution >= 4 is 34.9 Å². The molecule has 0 saturated heterocycles. The van der Waals surface area contributed by atoms with Crippen LogP contribution in [0.15, 0.2) is 12.1 Å². The third-order valence-corrected chi connectivity index (χ3v) is 2.94. The van der Waals surface area contributed by atoms with E-state index in [0.29, 0.717) is 6.54 Å². The van der Waals surface area contributed by atoms with Gasteiger partial charge in [-0.25, -0.2) is 4.79 Å². The SMILES string of the molecule is CCCNC(=O)C(C)Nc1c(Cl)cc(N)cc1C(=O)O. The van der Waals surface area contributed by atoms with Crippen molar-refractivity contribution < 1.29 is 14.7 Å². The maximum absolute atomic E-state index is 11.8. The lowest BCUT2D eigenvalue weighted by molar-refractivity contribution is -0.121. The van der Waals surface area contributed by atoms with E-state index in [4.69, 9.17) is 22.4 Å². The van der Waals surface area contributed by atoms with Crippen LogP contribution < -0.4 is 16.4 Å². The Bertz CT molecular complexity index is 520. The summed E-state index contributed by atoms with van der Waals surface area (Å²) < 4.78 is 0. The first-order valence-corrected chi connectivity index (χ1v) is 6.61. The molecule has 5 N–H and O–H groups in total. The highest BCUT2D eigenvalue weighted by Crippen LogP contribution is 2.29. The van der Waals surface area contributed by atoms with Crippen LogP contribution in [0.25, 0.3) is 0 Å². The maximum atomic E-state index is 11.8. The Morgan fingerprint density at radius 1 is 1.45 bits per heavy atom. The number of nitrogen functional groups attached to an aromatic ring is 1. The summed E-state index contributed by atoms with van der Waals surface area (Å²) in [5.41, 5.74) is 5.94. The van der Waals surface area contributed by atoms with Crippen LogP contribution in [0.4, 0.5) is 11.4 Å². The molecular formula is C13H18ClN3O3. The van der Waals surface area contributed by atoms with Gasteiger partial charge >= 0.3 is 5.97 Å². The zero-order chi connectivity index (χ0) is 15.3. The summed E-state index contributed by atoms with van der Waals surface area (Å²) in [5.74, 6) is -1.39. The van der Waals surface area contributed by atoms with Gasteiger partial charge in [-0.2, -0.15) is 0 Å². The van der Waals surface area contributed by atoms with E-state index in [1.807, 2.05) is 6.92 Å². The highest BCUT2D eigenvalue weighted by Gasteiger charge is 2.19. The van der Waals surface area contributed by atoms with E-state index in [1.54, 1.807) is 6.92 Å². The summed E-state index contributed by atoms with van der Waals surface area (Å²) in [6.07, 6.45) is 0.821. The molecule has 1 aromatic carbocycles. The fraction of sp³-hybridized carbons (Fsp3) is 0.385. The number of carboxylic acid groups (broad SMARTS) is 1. The fourth-order valence-corrected chi connectivity index (χ4v) is 1.91. The Labute approximate surface area is 122 Å². The number of carboxylic acids is 1. The second-order valence-corrected chi connectivity index (χ2v) is 4.79. The third kappa shape index (κ3) is 4.03. The van der Waals surface area contributed by atoms with Crippen molar-refractivity contribution in [2.24, 2.45) is 0 Å². The van der Waals surface area contributed by atoms with Gasteiger partial charge < -0.3 is 21.5 Å². The van der Waals surface area contributed by atoms with Gasteiger partial charge in [0.25, 0.3) is 0 Å². The molecule has 1 rings (SSSR count). The summed E-state index contributed by atoms with van der Waals surface area (Å²) in [4.78, 5) is 23.0. The maximum Gasteiger partial charge on any atom is 0.337 e. The lowest BCUT2D eigenvalue weighted by Crippen LogP contribution is -2.38. The van der Waals surface area contributed by atoms with Crippen LogP contribution >= 0.6 is 11.6 Å². The minimum atomic E-state index is -1.16. The first-order valence-electron chi connectivity index (χ1n) is 6.23. The van der Waals surface area contributed by atoms with E-state index >= 15 is 0 Å². The number of amides is 1. The number of halogens is 1. The molecule has 0 saturated carbocycles. The molecule has 20 heavy (non-hydrogen) atoms. The molecule has 0 aliphatic carbocycles. The molecule has 0 aliphatic heterocycles. The van der Waals surface area contributed by atoms with Crippen molar-refractivity contribution in [1.82, 2.24) is 5.32 Å². The number of nitrogens with two attached hydrogens (primary N) is 1. The Morgan fingerprint density at radius 3 is 2.65 bits per heavy atom. The Morgan fingerprint density at radius 2 is 2.10 bits per heavy atom. The van der Waals surface area contributed by atoms with Gasteiger partial charge in [-0.05, 0) is 25.5 Å². The summed E-state index contributed by atoms with van der Waals surface area (Å²) in [7, 11) is 0. The smallest absolute Gasteiger partial charge is 0.337 e. The molecule has 0 aromatic heterocycles. The van der Waals surface area contributed by atoms with Crippen molar-refractivity contribution in [1.29, 1.82) is 0 Å². The van der Waals surface area contributed by atoms with E-state index in [9.17, 15) is 9.59 Å². The molecular weight excluding hydrogens is 282 g/mol. The molecule has 1 aromatic rings. The van der Waals surface area contributed by atoms with E-state index < -0.39 is 12.0 Å². The molecule has 0 spiro atoms. The second-order valence-electron chi connectivity index (χ2n) is 4.39. The standard InChI is InChI=1S/C13H18ClN3O3/c1-3-4-16-12(18)7(2)17-11-9(13(19)20)5-8(15)6-10(11)14/h5-7,17H,3-4,15H2,1-2H3,(H,16,18)(H,19,20). The van der Waals surface area contributed by atoms with E-state index in [-0.39, 0.29) is 27.9 Å². The monoisotopic (exact) mass is 299 g/mol. The molecule has 0 heterocycles. The quantitative estimate of drug-likeness (QED) is 0.601. The van der Waals surface area contributed by atoms with Crippen LogP contribution in [0.5, 0.6) is 0 Å². The summed E-state index contributed by atoms with van der Waals surface area (Å²) in [6.45, 7) is 4.13. The van der Waals surface area contributed by atoms with Gasteiger partial charge in [-0.15, -0.1) is 0 Å². The van der Waals surface area contributed by atoms with Crippen LogP contribution in [-0.2, 0) is 4.79 Å². The minimum Gasteiger partial charge on any atom is -0.478 e. The van der Waals surface area contributed by atoms with Crippen molar-refractivity contribution in [3.8, 4) is 0 Å². The molecule has 1 amide bonds. The number of hydrogen-bond donors (Lipinski definition) is 4. The topological polar surface area (TPSA) is 104 Å². The average Bonchev–Trinajstić information content (AvgIpc) is 2.38. The molecule has 1 unspecified atom stereocenters. The minimum absolute atomic E-state index is 0.0647. The van der Waals surface area contributed by atoms with Crippen LogP contribution in [0.2, 0.25) is 5.02 Å². The number of nitrogens with one attached hydrogen (secondary N) is 2. The van der Waals surface area contributed by atoms with Crippen LogP contribution in [-0.4, -0.2) is 29.6 Å². The van der Waals surface area contributed by atoms with Crippen molar-refractivity contribution in [3.63, 3.8) is 0 Å². The molecule has 110 valence electrons. The lowest BCUT2D eigenvalue weighted by atomic mass is 10.1. The second kappa shape index (κ2) is 7.00. The lowest BCUT2D eigenvalue weighted by Gasteiger charge is -2.18. The molecule has 0 aliphatic rings. The first kappa shape index (κ1) is 16.1. The van der Waals surface area contributed by atoms with Crippen LogP contribution in [0.1, 0.15) is 30.6 Å². The van der Waals surface area contributed by atoms with Crippen LogP contribution in [0.3, 0.4) is 0 Å². The van der Waals surface area contributed by atoms with Gasteiger partial charge in [0.2, 0.25) is 5.91 Å². The normalized spacial score (nSPS) is 11.8. The third-order valence-electron chi connectivity index (χ3n) is 2.65. The largest absolute Gasteiger partial charge is 0.478 e. The fourth-order valence-electron chi connectivity index (χ4n) is 1.63. The number of benzene rings is 1. The Balaban J connectivity index is 2.97. The number of aromatic carboxylic acids is 1. The summed E-state index contributed by atoms with van der Waals surface area (Å²) in [5, 5.41) is 14.8. The number of rotatable bonds is 6. The Hall–Kier alpha value is -1.95.